The molecule has 1 N–H and O–H groups in total. The van der Waals surface area contributed by atoms with Crippen LogP contribution in [-0.4, -0.2) is 11.5 Å². The molecule has 0 radical (unpaired) electrons. The topological polar surface area (TPSA) is 42.0 Å². The fraction of sp³-hybridized carbons (Fsp3) is 0.200. The van der Waals surface area contributed by atoms with Crippen molar-refractivity contribution in [2.45, 2.75) is 6.92 Å². The molecule has 7 heteroatoms. The summed E-state index contributed by atoms with van der Waals surface area (Å²) >= 11 is 0.771. The zero-order valence-electron chi connectivity index (χ0n) is 8.68. The number of hydrogen-bond acceptors (Lipinski definition) is 4. The van der Waals surface area contributed by atoms with Crippen LogP contribution >= 0.6 is 11.3 Å². The molecule has 0 aliphatic carbocycles. The molecule has 0 unspecified atom stereocenters. The van der Waals surface area contributed by atoms with Crippen LogP contribution in [0.1, 0.15) is 6.92 Å². The van der Waals surface area contributed by atoms with Gasteiger partial charge in [-0.2, -0.15) is 4.98 Å². The first kappa shape index (κ1) is 11.8. The van der Waals surface area contributed by atoms with Crippen LogP contribution in [-0.2, 0) is 0 Å². The molecule has 2 rings (SSSR count). The fourth-order valence-electron chi connectivity index (χ4n) is 1.34. The summed E-state index contributed by atoms with van der Waals surface area (Å²) in [6, 6.07) is 0.662. The smallest absolute Gasteiger partial charge is 0.281 e. The van der Waals surface area contributed by atoms with Crippen LogP contribution in [0.5, 0.6) is 0 Å². The number of anilines is 1. The lowest BCUT2D eigenvalue weighted by molar-refractivity contribution is 0.454. The van der Waals surface area contributed by atoms with Gasteiger partial charge >= 0.3 is 0 Å². The molecular formula is C10H7F3N2OS. The number of fused-ring (bicyclic) bond motifs is 1. The Labute approximate surface area is 97.9 Å². The molecule has 3 nitrogen and oxygen atoms in total. The van der Waals surface area contributed by atoms with E-state index in [4.69, 9.17) is 0 Å². The quantitative estimate of drug-likeness (QED) is 0.843. The van der Waals surface area contributed by atoms with Crippen LogP contribution in [0.25, 0.3) is 10.1 Å². The van der Waals surface area contributed by atoms with Crippen molar-refractivity contribution >= 4 is 26.6 Å². The van der Waals surface area contributed by atoms with Gasteiger partial charge in [0.1, 0.15) is 0 Å². The second-order valence-electron chi connectivity index (χ2n) is 3.22. The van der Waals surface area contributed by atoms with Gasteiger partial charge in [-0.05, 0) is 13.0 Å². The minimum absolute atomic E-state index is 0.176. The average Bonchev–Trinajstić information content (AvgIpc) is 2.29. The van der Waals surface area contributed by atoms with Crippen molar-refractivity contribution in [2.24, 2.45) is 0 Å². The van der Waals surface area contributed by atoms with Crippen molar-refractivity contribution in [1.29, 1.82) is 0 Å². The number of nitrogens with one attached hydrogen (secondary N) is 1. The summed E-state index contributed by atoms with van der Waals surface area (Å²) in [6.07, 6.45) is 0. The number of hydrogen-bond donors (Lipinski definition) is 1. The molecule has 0 aliphatic heterocycles. The summed E-state index contributed by atoms with van der Waals surface area (Å²) in [4.78, 5) is 15.1. The maximum absolute atomic E-state index is 13.5. The van der Waals surface area contributed by atoms with Gasteiger partial charge in [-0.15, -0.1) is 0 Å². The van der Waals surface area contributed by atoms with Gasteiger partial charge in [-0.3, -0.25) is 4.79 Å². The highest BCUT2D eigenvalue weighted by Gasteiger charge is 2.17. The van der Waals surface area contributed by atoms with Gasteiger partial charge in [-0.1, -0.05) is 11.3 Å². The molecule has 0 aliphatic rings. The van der Waals surface area contributed by atoms with E-state index in [1.165, 1.54) is 0 Å². The largest absolute Gasteiger partial charge is 0.362 e. The maximum atomic E-state index is 13.5. The lowest BCUT2D eigenvalue weighted by atomic mass is 10.2. The summed E-state index contributed by atoms with van der Waals surface area (Å²) in [7, 11) is 0. The molecule has 0 saturated heterocycles. The van der Waals surface area contributed by atoms with E-state index in [9.17, 15) is 18.0 Å². The van der Waals surface area contributed by atoms with E-state index in [1.54, 1.807) is 6.92 Å². The Balaban J connectivity index is 2.83. The molecule has 0 atom stereocenters. The van der Waals surface area contributed by atoms with Gasteiger partial charge in [0.05, 0.1) is 10.1 Å². The number of aromatic nitrogens is 1. The van der Waals surface area contributed by atoms with E-state index in [1.807, 2.05) is 0 Å². The van der Waals surface area contributed by atoms with E-state index in [-0.39, 0.29) is 15.2 Å². The molecule has 0 bridgehead atoms. The highest BCUT2D eigenvalue weighted by atomic mass is 32.1. The van der Waals surface area contributed by atoms with E-state index in [0.717, 1.165) is 11.3 Å². The van der Waals surface area contributed by atoms with Crippen molar-refractivity contribution in [3.8, 4) is 0 Å². The molecule has 0 spiro atoms. The molecule has 1 aromatic heterocycles. The zero-order valence-corrected chi connectivity index (χ0v) is 9.50. The molecule has 1 heterocycles. The maximum Gasteiger partial charge on any atom is 0.281 e. The predicted molar refractivity (Wildman–Crippen MR) is 59.9 cm³/mol. The first-order valence-corrected chi connectivity index (χ1v) is 5.58. The van der Waals surface area contributed by atoms with Gasteiger partial charge in [0, 0.05) is 6.54 Å². The SMILES string of the molecule is CCNc1nc(=O)c2cc(F)c(F)c(F)c2s1. The fourth-order valence-corrected chi connectivity index (χ4v) is 2.31. The van der Waals surface area contributed by atoms with Crippen molar-refractivity contribution in [3.05, 3.63) is 33.9 Å². The lowest BCUT2D eigenvalue weighted by Gasteiger charge is -2.04. The third kappa shape index (κ3) is 1.97. The van der Waals surface area contributed by atoms with E-state index < -0.39 is 23.0 Å². The molecule has 17 heavy (non-hydrogen) atoms. The third-order valence-electron chi connectivity index (χ3n) is 2.08. The number of rotatable bonds is 2. The second-order valence-corrected chi connectivity index (χ2v) is 4.22. The Hall–Kier alpha value is -1.63. The van der Waals surface area contributed by atoms with Crippen molar-refractivity contribution in [1.82, 2.24) is 4.98 Å². The Morgan fingerprint density at radius 1 is 1.35 bits per heavy atom. The van der Waals surface area contributed by atoms with Crippen LogP contribution in [0.15, 0.2) is 10.9 Å². The lowest BCUT2D eigenvalue weighted by Crippen LogP contribution is -2.11. The first-order chi connectivity index (χ1) is 8.04. The summed E-state index contributed by atoms with van der Waals surface area (Å²) in [5.41, 5.74) is -0.785. The molecule has 90 valence electrons. The highest BCUT2D eigenvalue weighted by Crippen LogP contribution is 2.26. The number of halogens is 3. The standard InChI is InChI=1S/C10H7F3N2OS/c1-2-14-10-15-9(16)4-3-5(11)6(12)7(13)8(4)17-10/h3H,2H2,1H3,(H,14,15,16). The Morgan fingerprint density at radius 3 is 2.71 bits per heavy atom. The van der Waals surface area contributed by atoms with Gasteiger partial charge < -0.3 is 5.32 Å². The molecule has 2 aromatic rings. The number of benzene rings is 1. The minimum Gasteiger partial charge on any atom is -0.362 e. The molecule has 0 amide bonds. The number of nitrogens with zero attached hydrogens (tertiary/aromatic N) is 1. The first-order valence-electron chi connectivity index (χ1n) is 4.76. The zero-order chi connectivity index (χ0) is 12.6. The molecular weight excluding hydrogens is 253 g/mol. The Kier molecular flexibility index (Phi) is 3.01. The summed E-state index contributed by atoms with van der Waals surface area (Å²) in [5.74, 6) is -4.33. The second kappa shape index (κ2) is 4.33. The van der Waals surface area contributed by atoms with E-state index >= 15 is 0 Å². The van der Waals surface area contributed by atoms with Gasteiger partial charge in [0.15, 0.2) is 22.6 Å². The molecule has 1 aromatic carbocycles. The van der Waals surface area contributed by atoms with Gasteiger partial charge in [-0.25, -0.2) is 13.2 Å². The van der Waals surface area contributed by atoms with E-state index in [0.29, 0.717) is 12.6 Å². The van der Waals surface area contributed by atoms with Gasteiger partial charge in [0.2, 0.25) is 0 Å². The van der Waals surface area contributed by atoms with Gasteiger partial charge in [0.25, 0.3) is 5.56 Å². The van der Waals surface area contributed by atoms with Crippen LogP contribution in [0.3, 0.4) is 0 Å². The van der Waals surface area contributed by atoms with Crippen molar-refractivity contribution in [2.75, 3.05) is 11.9 Å². The van der Waals surface area contributed by atoms with Crippen molar-refractivity contribution < 1.29 is 13.2 Å². The Morgan fingerprint density at radius 2 is 2.06 bits per heavy atom. The van der Waals surface area contributed by atoms with Crippen LogP contribution in [0.4, 0.5) is 18.3 Å². The molecule has 0 fully saturated rings. The van der Waals surface area contributed by atoms with Crippen LogP contribution < -0.4 is 10.9 Å². The highest BCUT2D eigenvalue weighted by molar-refractivity contribution is 7.21. The van der Waals surface area contributed by atoms with Crippen LogP contribution in [0.2, 0.25) is 0 Å². The van der Waals surface area contributed by atoms with Crippen LogP contribution in [0, 0.1) is 17.5 Å². The minimum atomic E-state index is -1.58. The predicted octanol–water partition coefficient (Wildman–Crippen LogP) is 2.51. The van der Waals surface area contributed by atoms with Crippen molar-refractivity contribution in [3.63, 3.8) is 0 Å². The Bertz CT molecular complexity index is 641. The summed E-state index contributed by atoms with van der Waals surface area (Å²) in [6.45, 7) is 2.25. The van der Waals surface area contributed by atoms with E-state index in [2.05, 4.69) is 10.3 Å². The summed E-state index contributed by atoms with van der Waals surface area (Å²) < 4.78 is 39.2. The third-order valence-corrected chi connectivity index (χ3v) is 3.11. The monoisotopic (exact) mass is 260 g/mol. The average molecular weight is 260 g/mol. The molecule has 0 saturated carbocycles. The normalized spacial score (nSPS) is 10.8. The summed E-state index contributed by atoms with van der Waals surface area (Å²) in [5, 5.41) is 2.65.